The van der Waals surface area contributed by atoms with E-state index in [4.69, 9.17) is 5.73 Å². The zero-order chi connectivity index (χ0) is 16.4. The summed E-state index contributed by atoms with van der Waals surface area (Å²) in [6, 6.07) is 6.36. The second kappa shape index (κ2) is 8.94. The molecule has 0 aliphatic carbocycles. The van der Waals surface area contributed by atoms with Crippen LogP contribution in [0.25, 0.3) is 0 Å². The lowest BCUT2D eigenvalue weighted by Crippen LogP contribution is -2.34. The molecular formula is C17H22Cl2FN3OS. The summed E-state index contributed by atoms with van der Waals surface area (Å²) in [5, 5.41) is 0.862. The average Bonchev–Trinajstić information content (AvgIpc) is 3.17. The van der Waals surface area contributed by atoms with Gasteiger partial charge in [-0.1, -0.05) is 19.1 Å². The van der Waals surface area contributed by atoms with Gasteiger partial charge in [-0.3, -0.25) is 4.79 Å². The number of aromatic nitrogens is 1. The summed E-state index contributed by atoms with van der Waals surface area (Å²) in [6.45, 7) is 4.16. The minimum Gasteiger partial charge on any atom is -0.337 e. The fourth-order valence-corrected chi connectivity index (χ4v) is 3.71. The van der Waals surface area contributed by atoms with Crippen LogP contribution >= 0.6 is 36.2 Å². The number of rotatable bonds is 4. The van der Waals surface area contributed by atoms with Gasteiger partial charge in [0, 0.05) is 19.5 Å². The van der Waals surface area contributed by atoms with Crippen molar-refractivity contribution >= 4 is 42.1 Å². The first kappa shape index (κ1) is 21.8. The number of hydrogen-bond acceptors (Lipinski definition) is 4. The van der Waals surface area contributed by atoms with Crippen LogP contribution in [-0.4, -0.2) is 35.4 Å². The van der Waals surface area contributed by atoms with Crippen molar-refractivity contribution < 1.29 is 9.18 Å². The summed E-state index contributed by atoms with van der Waals surface area (Å²) >= 11 is 1.41. The van der Waals surface area contributed by atoms with Crippen molar-refractivity contribution in [3.8, 4) is 0 Å². The lowest BCUT2D eigenvalue weighted by atomic mass is 9.90. The molecule has 8 heteroatoms. The van der Waals surface area contributed by atoms with Gasteiger partial charge in [0.25, 0.3) is 5.91 Å². The van der Waals surface area contributed by atoms with Crippen LogP contribution in [0.2, 0.25) is 0 Å². The molecule has 1 aliphatic heterocycles. The number of amides is 1. The molecule has 3 rings (SSSR count). The third-order valence-corrected chi connectivity index (χ3v) is 5.36. The average molecular weight is 406 g/mol. The smallest absolute Gasteiger partial charge is 0.265 e. The van der Waals surface area contributed by atoms with E-state index in [-0.39, 0.29) is 42.0 Å². The van der Waals surface area contributed by atoms with Crippen molar-refractivity contribution in [2.75, 3.05) is 19.6 Å². The summed E-state index contributed by atoms with van der Waals surface area (Å²) in [7, 11) is 0. The molecule has 4 nitrogen and oxygen atoms in total. The summed E-state index contributed by atoms with van der Waals surface area (Å²) in [5.74, 6) is -0.217. The molecular weight excluding hydrogens is 384 g/mol. The Kier molecular flexibility index (Phi) is 7.81. The second-order valence-electron chi connectivity index (χ2n) is 6.41. The topological polar surface area (TPSA) is 59.2 Å². The molecule has 2 N–H and O–H groups in total. The van der Waals surface area contributed by atoms with E-state index >= 15 is 0 Å². The van der Waals surface area contributed by atoms with Crippen LogP contribution in [0.15, 0.2) is 30.5 Å². The highest BCUT2D eigenvalue weighted by Gasteiger charge is 2.35. The molecule has 0 spiro atoms. The molecule has 1 atom stereocenters. The lowest BCUT2D eigenvalue weighted by molar-refractivity contribution is 0.0781. The van der Waals surface area contributed by atoms with Crippen LogP contribution in [0.5, 0.6) is 0 Å². The fourth-order valence-electron chi connectivity index (χ4n) is 2.79. The summed E-state index contributed by atoms with van der Waals surface area (Å²) in [6.07, 6.45) is 3.19. The Hall–Kier alpha value is -1.21. The van der Waals surface area contributed by atoms with Crippen LogP contribution in [-0.2, 0) is 6.42 Å². The van der Waals surface area contributed by atoms with Gasteiger partial charge in [-0.25, -0.2) is 9.37 Å². The fraction of sp³-hybridized carbons (Fsp3) is 0.412. The molecule has 1 fully saturated rings. The van der Waals surface area contributed by atoms with Gasteiger partial charge in [0.1, 0.15) is 10.7 Å². The van der Waals surface area contributed by atoms with Gasteiger partial charge in [0.2, 0.25) is 0 Å². The van der Waals surface area contributed by atoms with Crippen LogP contribution in [0.3, 0.4) is 0 Å². The number of carbonyl (C=O) groups excluding carboxylic acids is 1. The number of nitrogens with two attached hydrogens (primary N) is 1. The first-order valence-electron chi connectivity index (χ1n) is 7.68. The summed E-state index contributed by atoms with van der Waals surface area (Å²) < 4.78 is 12.9. The van der Waals surface area contributed by atoms with Crippen molar-refractivity contribution in [3.05, 3.63) is 51.7 Å². The lowest BCUT2D eigenvalue weighted by Gasteiger charge is -2.22. The monoisotopic (exact) mass is 405 g/mol. The predicted molar refractivity (Wildman–Crippen MR) is 103 cm³/mol. The van der Waals surface area contributed by atoms with Gasteiger partial charge < -0.3 is 10.6 Å². The van der Waals surface area contributed by atoms with Crippen molar-refractivity contribution in [1.29, 1.82) is 0 Å². The Morgan fingerprint density at radius 2 is 2.04 bits per heavy atom. The van der Waals surface area contributed by atoms with Gasteiger partial charge in [0.05, 0.1) is 11.2 Å². The van der Waals surface area contributed by atoms with Crippen molar-refractivity contribution in [2.45, 2.75) is 19.8 Å². The molecule has 1 aromatic carbocycles. The SMILES string of the molecule is CC1(CN)CCN(C(=O)c2cnc(Cc3ccc(F)cc3)s2)C1.Cl.Cl. The maximum Gasteiger partial charge on any atom is 0.265 e. The van der Waals surface area contributed by atoms with E-state index in [2.05, 4.69) is 11.9 Å². The maximum atomic E-state index is 12.9. The molecule has 0 saturated carbocycles. The van der Waals surface area contributed by atoms with Crippen molar-refractivity contribution in [2.24, 2.45) is 11.1 Å². The molecule has 1 amide bonds. The Morgan fingerprint density at radius 3 is 2.64 bits per heavy atom. The predicted octanol–water partition coefficient (Wildman–Crippen LogP) is 3.53. The Morgan fingerprint density at radius 1 is 1.36 bits per heavy atom. The van der Waals surface area contributed by atoms with Crippen LogP contribution in [0, 0.1) is 11.2 Å². The number of hydrogen-bond donors (Lipinski definition) is 1. The zero-order valence-electron chi connectivity index (χ0n) is 13.9. The number of benzene rings is 1. The Labute approximate surface area is 163 Å². The Balaban J connectivity index is 0.00000156. The quantitative estimate of drug-likeness (QED) is 0.845. The standard InChI is InChI=1S/C17H20FN3OS.2ClH/c1-17(10-19)6-7-21(11-17)16(22)14-9-20-15(23-14)8-12-2-4-13(18)5-3-12;;/h2-5,9H,6-8,10-11,19H2,1H3;2*1H. The highest BCUT2D eigenvalue weighted by atomic mass is 35.5. The molecule has 1 unspecified atom stereocenters. The van der Waals surface area contributed by atoms with Gasteiger partial charge in [0.15, 0.2) is 0 Å². The summed E-state index contributed by atoms with van der Waals surface area (Å²) in [4.78, 5) is 19.4. The molecule has 0 radical (unpaired) electrons. The second-order valence-corrected chi connectivity index (χ2v) is 7.53. The van der Waals surface area contributed by atoms with Gasteiger partial charge in [-0.15, -0.1) is 36.2 Å². The van der Waals surface area contributed by atoms with Crippen molar-refractivity contribution in [3.63, 3.8) is 0 Å². The third-order valence-electron chi connectivity index (χ3n) is 4.37. The van der Waals surface area contributed by atoms with Gasteiger partial charge in [-0.2, -0.15) is 0 Å². The normalized spacial score (nSPS) is 19.2. The Bertz CT molecular complexity index is 710. The molecule has 1 aromatic heterocycles. The largest absolute Gasteiger partial charge is 0.337 e. The number of nitrogens with zero attached hydrogens (tertiary/aromatic N) is 2. The minimum atomic E-state index is -0.249. The van der Waals surface area contributed by atoms with E-state index in [1.807, 2.05) is 4.90 Å². The number of thiazole rings is 1. The van der Waals surface area contributed by atoms with E-state index in [1.165, 1.54) is 23.5 Å². The molecule has 2 aromatic rings. The number of halogens is 3. The molecule has 1 aliphatic rings. The molecule has 138 valence electrons. The minimum absolute atomic E-state index is 0. The highest BCUT2D eigenvalue weighted by Crippen LogP contribution is 2.30. The zero-order valence-corrected chi connectivity index (χ0v) is 16.4. The maximum absolute atomic E-state index is 12.9. The number of carbonyl (C=O) groups is 1. The molecule has 25 heavy (non-hydrogen) atoms. The number of likely N-dealkylation sites (tertiary alicyclic amines) is 1. The molecule has 1 saturated heterocycles. The molecule has 2 heterocycles. The van der Waals surface area contributed by atoms with E-state index in [0.717, 1.165) is 23.5 Å². The van der Waals surface area contributed by atoms with E-state index in [1.54, 1.807) is 18.3 Å². The highest BCUT2D eigenvalue weighted by molar-refractivity contribution is 7.13. The van der Waals surface area contributed by atoms with Crippen LogP contribution in [0.4, 0.5) is 4.39 Å². The first-order valence-corrected chi connectivity index (χ1v) is 8.49. The van der Waals surface area contributed by atoms with Crippen LogP contribution < -0.4 is 5.73 Å². The molecule has 0 bridgehead atoms. The van der Waals surface area contributed by atoms with Gasteiger partial charge >= 0.3 is 0 Å². The van der Waals surface area contributed by atoms with Crippen LogP contribution in [0.1, 0.15) is 33.6 Å². The van der Waals surface area contributed by atoms with E-state index < -0.39 is 0 Å². The first-order chi connectivity index (χ1) is 11.0. The van der Waals surface area contributed by atoms with E-state index in [0.29, 0.717) is 24.4 Å². The van der Waals surface area contributed by atoms with E-state index in [9.17, 15) is 9.18 Å². The van der Waals surface area contributed by atoms with Gasteiger partial charge in [-0.05, 0) is 36.1 Å². The van der Waals surface area contributed by atoms with Crippen molar-refractivity contribution in [1.82, 2.24) is 9.88 Å². The third kappa shape index (κ3) is 5.14. The summed E-state index contributed by atoms with van der Waals surface area (Å²) in [5.41, 5.74) is 6.80.